The Morgan fingerprint density at radius 1 is 1.25 bits per heavy atom. The van der Waals surface area contributed by atoms with Gasteiger partial charge >= 0.3 is 11.9 Å². The van der Waals surface area contributed by atoms with Gasteiger partial charge in [-0.1, -0.05) is 6.07 Å². The Morgan fingerprint density at radius 3 is 2.62 bits per heavy atom. The SMILES string of the molecule is COC(=O)C=Cc1cccc(C(=O)OC)n1. The van der Waals surface area contributed by atoms with Crippen LogP contribution in [-0.2, 0) is 14.3 Å². The third-order valence-electron chi connectivity index (χ3n) is 1.76. The van der Waals surface area contributed by atoms with Crippen LogP contribution in [-0.4, -0.2) is 31.1 Å². The van der Waals surface area contributed by atoms with E-state index in [1.54, 1.807) is 12.1 Å². The summed E-state index contributed by atoms with van der Waals surface area (Å²) in [4.78, 5) is 26.0. The van der Waals surface area contributed by atoms with E-state index in [-0.39, 0.29) is 5.69 Å². The maximum atomic E-state index is 11.2. The quantitative estimate of drug-likeness (QED) is 0.564. The molecule has 0 aliphatic rings. The molecule has 5 nitrogen and oxygen atoms in total. The molecular formula is C11H11NO4. The minimum absolute atomic E-state index is 0.189. The summed E-state index contributed by atoms with van der Waals surface area (Å²) in [6.45, 7) is 0. The van der Waals surface area contributed by atoms with Gasteiger partial charge in [-0.2, -0.15) is 0 Å². The summed E-state index contributed by atoms with van der Waals surface area (Å²) in [5.41, 5.74) is 0.669. The fraction of sp³-hybridized carbons (Fsp3) is 0.182. The topological polar surface area (TPSA) is 65.5 Å². The molecular weight excluding hydrogens is 210 g/mol. The minimum Gasteiger partial charge on any atom is -0.466 e. The van der Waals surface area contributed by atoms with Gasteiger partial charge in [0.2, 0.25) is 0 Å². The molecule has 5 heteroatoms. The van der Waals surface area contributed by atoms with E-state index in [4.69, 9.17) is 0 Å². The molecule has 1 rings (SSSR count). The molecule has 1 aromatic rings. The molecule has 0 amide bonds. The summed E-state index contributed by atoms with van der Waals surface area (Å²) < 4.78 is 8.95. The summed E-state index contributed by atoms with van der Waals surface area (Å²) in [6, 6.07) is 4.84. The first-order valence-corrected chi connectivity index (χ1v) is 4.48. The van der Waals surface area contributed by atoms with Gasteiger partial charge < -0.3 is 9.47 Å². The summed E-state index contributed by atoms with van der Waals surface area (Å²) in [5, 5.41) is 0. The van der Waals surface area contributed by atoms with Crippen LogP contribution in [0.3, 0.4) is 0 Å². The van der Waals surface area contributed by atoms with Gasteiger partial charge in [0.25, 0.3) is 0 Å². The zero-order valence-corrected chi connectivity index (χ0v) is 8.97. The van der Waals surface area contributed by atoms with E-state index in [9.17, 15) is 9.59 Å². The highest BCUT2D eigenvalue weighted by molar-refractivity contribution is 5.88. The minimum atomic E-state index is -0.520. The molecule has 1 heterocycles. The fourth-order valence-electron chi connectivity index (χ4n) is 0.984. The first-order valence-electron chi connectivity index (χ1n) is 4.48. The van der Waals surface area contributed by atoms with Crippen molar-refractivity contribution in [2.75, 3.05) is 14.2 Å². The van der Waals surface area contributed by atoms with Gasteiger partial charge in [0, 0.05) is 6.08 Å². The van der Waals surface area contributed by atoms with Crippen LogP contribution in [0.5, 0.6) is 0 Å². The van der Waals surface area contributed by atoms with E-state index in [0.29, 0.717) is 5.69 Å². The van der Waals surface area contributed by atoms with Crippen molar-refractivity contribution < 1.29 is 19.1 Å². The number of aromatic nitrogens is 1. The van der Waals surface area contributed by atoms with Crippen LogP contribution in [0.2, 0.25) is 0 Å². The number of esters is 2. The lowest BCUT2D eigenvalue weighted by atomic mass is 10.3. The lowest BCUT2D eigenvalue weighted by Crippen LogP contribution is -2.04. The van der Waals surface area contributed by atoms with E-state index in [0.717, 1.165) is 0 Å². The average Bonchev–Trinajstić information content (AvgIpc) is 2.35. The molecule has 0 saturated carbocycles. The van der Waals surface area contributed by atoms with Crippen molar-refractivity contribution in [3.05, 3.63) is 35.7 Å². The van der Waals surface area contributed by atoms with E-state index in [2.05, 4.69) is 14.5 Å². The Morgan fingerprint density at radius 2 is 2.00 bits per heavy atom. The number of nitrogens with zero attached hydrogens (tertiary/aromatic N) is 1. The highest BCUT2D eigenvalue weighted by Gasteiger charge is 2.06. The van der Waals surface area contributed by atoms with Gasteiger partial charge in [0.05, 0.1) is 19.9 Å². The Hall–Kier alpha value is -2.17. The molecule has 0 fully saturated rings. The van der Waals surface area contributed by atoms with Crippen molar-refractivity contribution >= 4 is 18.0 Å². The molecule has 0 bridgehead atoms. The summed E-state index contributed by atoms with van der Waals surface area (Å²) in [5.74, 6) is -1.00. The van der Waals surface area contributed by atoms with Crippen LogP contribution in [0.4, 0.5) is 0 Å². The molecule has 0 unspecified atom stereocenters. The zero-order chi connectivity index (χ0) is 12.0. The Kier molecular flexibility index (Phi) is 4.20. The molecule has 0 aliphatic heterocycles. The van der Waals surface area contributed by atoms with Gasteiger partial charge in [-0.3, -0.25) is 0 Å². The molecule has 0 atom stereocenters. The van der Waals surface area contributed by atoms with Crippen LogP contribution in [0.1, 0.15) is 16.2 Å². The molecule has 0 aliphatic carbocycles. The van der Waals surface area contributed by atoms with Crippen molar-refractivity contribution in [1.29, 1.82) is 0 Å². The van der Waals surface area contributed by atoms with Crippen LogP contribution in [0.25, 0.3) is 6.08 Å². The maximum Gasteiger partial charge on any atom is 0.356 e. The van der Waals surface area contributed by atoms with Crippen LogP contribution in [0, 0.1) is 0 Å². The van der Waals surface area contributed by atoms with Crippen molar-refractivity contribution in [2.24, 2.45) is 0 Å². The van der Waals surface area contributed by atoms with Crippen molar-refractivity contribution in [2.45, 2.75) is 0 Å². The number of carbonyl (C=O) groups excluding carboxylic acids is 2. The summed E-state index contributed by atoms with van der Waals surface area (Å²) in [6.07, 6.45) is 2.68. The Bertz CT molecular complexity index is 426. The summed E-state index contributed by atoms with van der Waals surface area (Å²) in [7, 11) is 2.56. The standard InChI is InChI=1S/C11H11NO4/c1-15-10(13)7-6-8-4-3-5-9(12-8)11(14)16-2/h3-7H,1-2H3. The van der Waals surface area contributed by atoms with Crippen molar-refractivity contribution in [3.8, 4) is 0 Å². The Labute approximate surface area is 92.7 Å². The molecule has 0 saturated heterocycles. The normalized spacial score (nSPS) is 10.1. The van der Waals surface area contributed by atoms with Crippen molar-refractivity contribution in [3.63, 3.8) is 0 Å². The molecule has 0 aromatic carbocycles. The lowest BCUT2D eigenvalue weighted by Gasteiger charge is -1.98. The first kappa shape index (κ1) is 11.9. The molecule has 0 radical (unpaired) electrons. The summed E-state index contributed by atoms with van der Waals surface area (Å²) >= 11 is 0. The fourth-order valence-corrected chi connectivity index (χ4v) is 0.984. The largest absolute Gasteiger partial charge is 0.466 e. The highest BCUT2D eigenvalue weighted by atomic mass is 16.5. The number of rotatable bonds is 3. The number of carbonyl (C=O) groups is 2. The number of ether oxygens (including phenoxy) is 2. The maximum absolute atomic E-state index is 11.2. The number of methoxy groups -OCH3 is 2. The second-order valence-corrected chi connectivity index (χ2v) is 2.80. The molecule has 1 aromatic heterocycles. The van der Waals surface area contributed by atoms with Crippen LogP contribution in [0.15, 0.2) is 24.3 Å². The average molecular weight is 221 g/mol. The van der Waals surface area contributed by atoms with Crippen LogP contribution >= 0.6 is 0 Å². The second kappa shape index (κ2) is 5.65. The third-order valence-corrected chi connectivity index (χ3v) is 1.76. The van der Waals surface area contributed by atoms with Crippen LogP contribution < -0.4 is 0 Å². The lowest BCUT2D eigenvalue weighted by molar-refractivity contribution is -0.134. The van der Waals surface area contributed by atoms with Gasteiger partial charge in [0.1, 0.15) is 5.69 Å². The monoisotopic (exact) mass is 221 g/mol. The van der Waals surface area contributed by atoms with E-state index >= 15 is 0 Å². The van der Waals surface area contributed by atoms with E-state index in [1.807, 2.05) is 0 Å². The molecule has 16 heavy (non-hydrogen) atoms. The Balaban J connectivity index is 2.86. The molecule has 0 spiro atoms. The van der Waals surface area contributed by atoms with Gasteiger partial charge in [-0.05, 0) is 18.2 Å². The van der Waals surface area contributed by atoms with Gasteiger partial charge in [0.15, 0.2) is 0 Å². The first-order chi connectivity index (χ1) is 7.67. The predicted octanol–water partition coefficient (Wildman–Crippen LogP) is 1.05. The number of hydrogen-bond donors (Lipinski definition) is 0. The predicted molar refractivity (Wildman–Crippen MR) is 56.6 cm³/mol. The van der Waals surface area contributed by atoms with E-state index < -0.39 is 11.9 Å². The second-order valence-electron chi connectivity index (χ2n) is 2.80. The number of hydrogen-bond acceptors (Lipinski definition) is 5. The number of pyridine rings is 1. The van der Waals surface area contributed by atoms with Crippen molar-refractivity contribution in [1.82, 2.24) is 4.98 Å². The van der Waals surface area contributed by atoms with E-state index in [1.165, 1.54) is 32.4 Å². The van der Waals surface area contributed by atoms with Gasteiger partial charge in [-0.15, -0.1) is 0 Å². The third kappa shape index (κ3) is 3.20. The van der Waals surface area contributed by atoms with Gasteiger partial charge in [-0.25, -0.2) is 14.6 Å². The highest BCUT2D eigenvalue weighted by Crippen LogP contribution is 2.03. The molecule has 0 N–H and O–H groups in total. The smallest absolute Gasteiger partial charge is 0.356 e. The molecule has 84 valence electrons. The zero-order valence-electron chi connectivity index (χ0n) is 8.97.